The Balaban J connectivity index is 1.07. The molecule has 1 aliphatic rings. The SMILES string of the molecule is Cc1nc2ccc(Oc3ccc4ncc(-c5cnn(C6CCN(c7ccccn7)CC6)c5)nc4c3Cl)cc2n1COCC[Si](C)(C)C. The number of halogens is 1. The summed E-state index contributed by atoms with van der Waals surface area (Å²) in [6.45, 7) is 12.1. The second-order valence-electron chi connectivity index (χ2n) is 13.3. The lowest BCUT2D eigenvalue weighted by Gasteiger charge is -2.32. The third-order valence-corrected chi connectivity index (χ3v) is 10.8. The fourth-order valence-corrected chi connectivity index (χ4v) is 6.92. The Hall–Kier alpha value is -4.32. The summed E-state index contributed by atoms with van der Waals surface area (Å²) in [5, 5.41) is 5.11. The van der Waals surface area contributed by atoms with E-state index in [9.17, 15) is 0 Å². The second-order valence-corrected chi connectivity index (χ2v) is 19.3. The predicted molar refractivity (Wildman–Crippen MR) is 189 cm³/mol. The van der Waals surface area contributed by atoms with Gasteiger partial charge in [0.25, 0.3) is 0 Å². The fourth-order valence-electron chi connectivity index (χ4n) is 5.93. The van der Waals surface area contributed by atoms with Gasteiger partial charge < -0.3 is 18.9 Å². The van der Waals surface area contributed by atoms with E-state index in [4.69, 9.17) is 36.1 Å². The molecule has 2 aromatic carbocycles. The maximum atomic E-state index is 6.92. The van der Waals surface area contributed by atoms with Crippen molar-refractivity contribution < 1.29 is 9.47 Å². The lowest BCUT2D eigenvalue weighted by Crippen LogP contribution is -2.35. The largest absolute Gasteiger partial charge is 0.456 e. The highest BCUT2D eigenvalue weighted by atomic mass is 35.5. The molecule has 7 rings (SSSR count). The van der Waals surface area contributed by atoms with Gasteiger partial charge in [-0.3, -0.25) is 9.67 Å². The van der Waals surface area contributed by atoms with Gasteiger partial charge in [-0.2, -0.15) is 5.10 Å². The van der Waals surface area contributed by atoms with Crippen molar-refractivity contribution >= 4 is 47.6 Å². The zero-order valence-corrected chi connectivity index (χ0v) is 29.0. The molecule has 12 heteroatoms. The molecule has 0 aliphatic carbocycles. The minimum atomic E-state index is -1.16. The summed E-state index contributed by atoms with van der Waals surface area (Å²) in [4.78, 5) is 21.1. The lowest BCUT2D eigenvalue weighted by molar-refractivity contribution is 0.0885. The van der Waals surface area contributed by atoms with Gasteiger partial charge in [0.15, 0.2) is 0 Å². The molecule has 0 amide bonds. The van der Waals surface area contributed by atoms with Crippen LogP contribution in [0.15, 0.2) is 73.3 Å². The van der Waals surface area contributed by atoms with E-state index in [1.807, 2.05) is 61.8 Å². The molecule has 47 heavy (non-hydrogen) atoms. The van der Waals surface area contributed by atoms with Crippen molar-refractivity contribution in [2.45, 2.75) is 58.2 Å². The molecule has 0 bridgehead atoms. The van der Waals surface area contributed by atoms with E-state index >= 15 is 0 Å². The lowest BCUT2D eigenvalue weighted by atomic mass is 10.1. The average molecular weight is 667 g/mol. The van der Waals surface area contributed by atoms with Gasteiger partial charge in [-0.25, -0.2) is 15.0 Å². The normalized spacial score (nSPS) is 14.4. The van der Waals surface area contributed by atoms with E-state index in [1.165, 1.54) is 0 Å². The monoisotopic (exact) mass is 666 g/mol. The fraction of sp³-hybridized carbons (Fsp3) is 0.343. The highest BCUT2D eigenvalue weighted by molar-refractivity contribution is 6.76. The number of benzene rings is 2. The zero-order valence-electron chi connectivity index (χ0n) is 27.2. The van der Waals surface area contributed by atoms with Crippen LogP contribution in [0.4, 0.5) is 5.82 Å². The van der Waals surface area contributed by atoms with Gasteiger partial charge >= 0.3 is 0 Å². The summed E-state index contributed by atoms with van der Waals surface area (Å²) in [7, 11) is -1.16. The molecule has 4 aromatic heterocycles. The Morgan fingerprint density at radius 2 is 1.79 bits per heavy atom. The quantitative estimate of drug-likeness (QED) is 0.107. The molecule has 10 nitrogen and oxygen atoms in total. The molecule has 0 unspecified atom stereocenters. The van der Waals surface area contributed by atoms with Crippen LogP contribution in [-0.4, -0.2) is 62.1 Å². The molecule has 5 heterocycles. The van der Waals surface area contributed by atoms with Gasteiger partial charge in [0.05, 0.1) is 40.7 Å². The van der Waals surface area contributed by atoms with Gasteiger partial charge in [0.2, 0.25) is 0 Å². The number of ether oxygens (including phenoxy) is 2. The number of imidazole rings is 1. The minimum Gasteiger partial charge on any atom is -0.456 e. The number of aromatic nitrogens is 7. The first-order valence-electron chi connectivity index (χ1n) is 16.1. The number of pyridine rings is 1. The first-order valence-corrected chi connectivity index (χ1v) is 20.2. The van der Waals surface area contributed by atoms with E-state index in [0.29, 0.717) is 46.0 Å². The van der Waals surface area contributed by atoms with Crippen molar-refractivity contribution in [2.24, 2.45) is 0 Å². The highest BCUT2D eigenvalue weighted by Gasteiger charge is 2.23. The summed E-state index contributed by atoms with van der Waals surface area (Å²) in [5.41, 5.74) is 4.73. The van der Waals surface area contributed by atoms with E-state index in [1.54, 1.807) is 6.20 Å². The molecule has 1 fully saturated rings. The topological polar surface area (TPSA) is 96.0 Å². The van der Waals surface area contributed by atoms with Crippen LogP contribution in [0.3, 0.4) is 0 Å². The van der Waals surface area contributed by atoms with Crippen molar-refractivity contribution in [3.63, 3.8) is 0 Å². The number of rotatable bonds is 10. The van der Waals surface area contributed by atoms with Gasteiger partial charge in [-0.1, -0.05) is 37.3 Å². The number of piperidine rings is 1. The van der Waals surface area contributed by atoms with E-state index in [0.717, 1.165) is 66.8 Å². The van der Waals surface area contributed by atoms with Crippen molar-refractivity contribution in [3.05, 3.63) is 84.2 Å². The van der Waals surface area contributed by atoms with Gasteiger partial charge in [-0.15, -0.1) is 0 Å². The number of fused-ring (bicyclic) bond motifs is 2. The predicted octanol–water partition coefficient (Wildman–Crippen LogP) is 8.15. The molecule has 1 aliphatic heterocycles. The Labute approximate surface area is 280 Å². The van der Waals surface area contributed by atoms with Gasteiger partial charge in [0.1, 0.15) is 40.4 Å². The van der Waals surface area contributed by atoms with Crippen LogP contribution >= 0.6 is 11.6 Å². The number of hydrogen-bond donors (Lipinski definition) is 0. The summed E-state index contributed by atoms with van der Waals surface area (Å²) < 4.78 is 16.5. The Morgan fingerprint density at radius 3 is 2.57 bits per heavy atom. The second kappa shape index (κ2) is 13.1. The van der Waals surface area contributed by atoms with Crippen LogP contribution in [0.1, 0.15) is 24.7 Å². The first kappa shape index (κ1) is 31.3. The number of aryl methyl sites for hydroxylation is 1. The van der Waals surface area contributed by atoms with Crippen LogP contribution < -0.4 is 9.64 Å². The van der Waals surface area contributed by atoms with Crippen LogP contribution in [0.5, 0.6) is 11.5 Å². The summed E-state index contributed by atoms with van der Waals surface area (Å²) >= 11 is 6.92. The number of anilines is 1. The highest BCUT2D eigenvalue weighted by Crippen LogP contribution is 2.36. The first-order chi connectivity index (χ1) is 22.7. The molecular formula is C35H39ClN8O2Si. The zero-order chi connectivity index (χ0) is 32.5. The summed E-state index contributed by atoms with van der Waals surface area (Å²) in [6.07, 6.45) is 9.51. The molecule has 1 saturated heterocycles. The Kier molecular flexibility index (Phi) is 8.69. The molecule has 6 aromatic rings. The average Bonchev–Trinajstić information content (AvgIpc) is 3.69. The molecule has 0 atom stereocenters. The van der Waals surface area contributed by atoms with Crippen LogP contribution in [0, 0.1) is 6.92 Å². The molecule has 242 valence electrons. The summed E-state index contributed by atoms with van der Waals surface area (Å²) in [5.74, 6) is 3.09. The van der Waals surface area contributed by atoms with E-state index in [-0.39, 0.29) is 0 Å². The summed E-state index contributed by atoms with van der Waals surface area (Å²) in [6, 6.07) is 17.0. The van der Waals surface area contributed by atoms with Crippen molar-refractivity contribution in [1.82, 2.24) is 34.3 Å². The standard InChI is InChI=1S/C35H39ClN8O2Si/c1-24-40-28-9-8-27(19-31(28)43(24)23-45-17-18-47(2,3)4)46-32-11-10-29-35(34(32)36)41-30(21-38-29)25-20-39-44(22-25)26-12-15-42(16-13-26)33-7-5-6-14-37-33/h5-11,14,19-22,26H,12-13,15-18,23H2,1-4H3. The smallest absolute Gasteiger partial charge is 0.148 e. The van der Waals surface area contributed by atoms with E-state index in [2.05, 4.69) is 56.0 Å². The molecular weight excluding hydrogens is 628 g/mol. The Bertz CT molecular complexity index is 2020. The third-order valence-electron chi connectivity index (χ3n) is 8.68. The Morgan fingerprint density at radius 1 is 0.957 bits per heavy atom. The maximum Gasteiger partial charge on any atom is 0.148 e. The molecule has 0 N–H and O–H groups in total. The van der Waals surface area contributed by atoms with Crippen molar-refractivity contribution in [1.29, 1.82) is 0 Å². The number of hydrogen-bond acceptors (Lipinski definition) is 8. The number of nitrogens with zero attached hydrogens (tertiary/aromatic N) is 8. The van der Waals surface area contributed by atoms with Gasteiger partial charge in [0, 0.05) is 51.8 Å². The van der Waals surface area contributed by atoms with Crippen LogP contribution in [0.25, 0.3) is 33.3 Å². The minimum absolute atomic E-state index is 0.315. The molecule has 0 saturated carbocycles. The van der Waals surface area contributed by atoms with Crippen molar-refractivity contribution in [2.75, 3.05) is 24.6 Å². The molecule has 0 spiro atoms. The van der Waals surface area contributed by atoms with E-state index < -0.39 is 8.07 Å². The van der Waals surface area contributed by atoms with Gasteiger partial charge in [-0.05, 0) is 62.2 Å². The molecule has 0 radical (unpaired) electrons. The van der Waals surface area contributed by atoms with Crippen LogP contribution in [-0.2, 0) is 11.5 Å². The third kappa shape index (κ3) is 6.88. The van der Waals surface area contributed by atoms with Crippen LogP contribution in [0.2, 0.25) is 30.7 Å². The maximum absolute atomic E-state index is 6.92. The van der Waals surface area contributed by atoms with Crippen molar-refractivity contribution in [3.8, 4) is 22.8 Å².